The summed E-state index contributed by atoms with van der Waals surface area (Å²) in [5.41, 5.74) is 0.740. The van der Waals surface area contributed by atoms with Crippen LogP contribution in [0.3, 0.4) is 0 Å². The van der Waals surface area contributed by atoms with E-state index in [1.54, 1.807) is 16.4 Å². The van der Waals surface area contributed by atoms with Crippen LogP contribution in [0.4, 0.5) is 0 Å². The normalized spacial score (nSPS) is 15.1. The smallest absolute Gasteiger partial charge is 0.349 e. The number of fused-ring (bicyclic) bond motifs is 1. The minimum atomic E-state index is -0.0490. The molecule has 0 atom stereocenters. The van der Waals surface area contributed by atoms with Crippen LogP contribution < -0.4 is 10.4 Å². The topological polar surface area (TPSA) is 41.1 Å². The molecule has 0 N–H and O–H groups in total. The molecule has 0 aliphatic carbocycles. The van der Waals surface area contributed by atoms with Gasteiger partial charge in [-0.1, -0.05) is 12.8 Å². The second kappa shape index (κ2) is 5.89. The van der Waals surface area contributed by atoms with Crippen LogP contribution in [0.15, 0.2) is 29.1 Å². The highest BCUT2D eigenvalue weighted by atomic mass is 32.1. The first-order chi connectivity index (χ1) is 10.2. The number of methoxy groups -OCH3 is 1. The van der Waals surface area contributed by atoms with Crippen LogP contribution in [0.5, 0.6) is 5.75 Å². The average Bonchev–Trinajstić information content (AvgIpc) is 2.69. The fourth-order valence-electron chi connectivity index (χ4n) is 2.78. The van der Waals surface area contributed by atoms with E-state index in [9.17, 15) is 4.79 Å². The molecule has 6 heteroatoms. The van der Waals surface area contributed by atoms with Crippen molar-refractivity contribution in [1.29, 1.82) is 0 Å². The molecular formula is C15H19N3O2S. The minimum Gasteiger partial charge on any atom is -0.497 e. The Bertz CT molecular complexity index is 700. The van der Waals surface area contributed by atoms with Crippen LogP contribution in [-0.4, -0.2) is 21.0 Å². The molecule has 1 aliphatic heterocycles. The van der Waals surface area contributed by atoms with E-state index in [1.165, 1.54) is 12.8 Å². The lowest BCUT2D eigenvalue weighted by Gasteiger charge is -2.13. The van der Waals surface area contributed by atoms with Crippen LogP contribution >= 0.6 is 12.2 Å². The molecule has 3 rings (SSSR count). The molecule has 112 valence electrons. The Morgan fingerprint density at radius 3 is 2.24 bits per heavy atom. The molecule has 1 aromatic heterocycles. The van der Waals surface area contributed by atoms with Gasteiger partial charge in [-0.2, -0.15) is 0 Å². The maximum absolute atomic E-state index is 12.7. The summed E-state index contributed by atoms with van der Waals surface area (Å²) in [6.07, 6.45) is 4.47. The summed E-state index contributed by atoms with van der Waals surface area (Å²) in [6.45, 7) is 1.56. The maximum atomic E-state index is 12.7. The van der Waals surface area contributed by atoms with Crippen molar-refractivity contribution in [2.75, 3.05) is 7.11 Å². The summed E-state index contributed by atoms with van der Waals surface area (Å²) in [5, 5.41) is 0. The Labute approximate surface area is 128 Å². The number of nitrogens with zero attached hydrogens (tertiary/aromatic N) is 3. The number of benzene rings is 1. The fourth-order valence-corrected chi connectivity index (χ4v) is 3.15. The van der Waals surface area contributed by atoms with E-state index in [1.807, 2.05) is 28.9 Å². The summed E-state index contributed by atoms with van der Waals surface area (Å²) < 4.78 is 11.1. The Kier molecular flexibility index (Phi) is 3.96. The Balaban J connectivity index is 2.12. The van der Waals surface area contributed by atoms with Crippen molar-refractivity contribution >= 4 is 12.2 Å². The van der Waals surface area contributed by atoms with Crippen LogP contribution in [0.25, 0.3) is 5.69 Å². The Hall–Kier alpha value is -1.82. The highest BCUT2D eigenvalue weighted by Crippen LogP contribution is 2.16. The van der Waals surface area contributed by atoms with Crippen LogP contribution in [0, 0.1) is 4.77 Å². The Morgan fingerprint density at radius 2 is 1.62 bits per heavy atom. The first-order valence-electron chi connectivity index (χ1n) is 7.29. The van der Waals surface area contributed by atoms with Crippen molar-refractivity contribution in [2.24, 2.45) is 0 Å². The molecule has 1 aliphatic rings. The third-order valence-corrected chi connectivity index (χ3v) is 4.33. The van der Waals surface area contributed by atoms with E-state index in [0.717, 1.165) is 37.4 Å². The van der Waals surface area contributed by atoms with E-state index in [2.05, 4.69) is 0 Å². The van der Waals surface area contributed by atoms with Gasteiger partial charge in [-0.25, -0.2) is 14.0 Å². The summed E-state index contributed by atoms with van der Waals surface area (Å²) in [4.78, 5) is 12.7. The number of hydrogen-bond donors (Lipinski definition) is 0. The van der Waals surface area contributed by atoms with E-state index >= 15 is 0 Å². The predicted molar refractivity (Wildman–Crippen MR) is 83.9 cm³/mol. The van der Waals surface area contributed by atoms with E-state index < -0.39 is 0 Å². The van der Waals surface area contributed by atoms with E-state index in [4.69, 9.17) is 17.0 Å². The van der Waals surface area contributed by atoms with Gasteiger partial charge in [-0.05, 0) is 49.3 Å². The van der Waals surface area contributed by atoms with Crippen LogP contribution in [-0.2, 0) is 13.1 Å². The number of hydrogen-bond acceptors (Lipinski definition) is 3. The summed E-state index contributed by atoms with van der Waals surface area (Å²) in [6, 6.07) is 7.42. The predicted octanol–water partition coefficient (Wildman–Crippen LogP) is 2.75. The zero-order chi connectivity index (χ0) is 14.8. The molecule has 1 aromatic carbocycles. The van der Waals surface area contributed by atoms with Crippen molar-refractivity contribution in [3.8, 4) is 11.4 Å². The zero-order valence-corrected chi connectivity index (χ0v) is 12.9. The lowest BCUT2D eigenvalue weighted by Crippen LogP contribution is -2.27. The molecule has 2 aromatic rings. The molecule has 0 unspecified atom stereocenters. The standard InChI is InChI=1S/C15H19N3O2S/c1-20-13-8-6-12(7-9-13)18-14(19)16-10-4-2-3-5-11-17(16)15(18)21/h6-9H,2-5,10-11H2,1H3. The monoisotopic (exact) mass is 305 g/mol. The number of ether oxygens (including phenoxy) is 1. The molecule has 0 fully saturated rings. The molecule has 0 amide bonds. The second-order valence-electron chi connectivity index (χ2n) is 5.26. The molecule has 2 heterocycles. The molecule has 5 nitrogen and oxygen atoms in total. The van der Waals surface area contributed by atoms with Gasteiger partial charge in [0.2, 0.25) is 4.77 Å². The third kappa shape index (κ3) is 2.55. The van der Waals surface area contributed by atoms with E-state index in [-0.39, 0.29) is 5.69 Å². The molecule has 0 bridgehead atoms. The molecule has 0 spiro atoms. The van der Waals surface area contributed by atoms with Gasteiger partial charge < -0.3 is 4.74 Å². The van der Waals surface area contributed by atoms with Gasteiger partial charge in [0.25, 0.3) is 0 Å². The van der Waals surface area contributed by atoms with Crippen LogP contribution in [0.2, 0.25) is 0 Å². The van der Waals surface area contributed by atoms with Crippen molar-refractivity contribution in [1.82, 2.24) is 13.9 Å². The maximum Gasteiger partial charge on any atom is 0.349 e. The fraction of sp³-hybridized carbons (Fsp3) is 0.467. The van der Waals surface area contributed by atoms with E-state index in [0.29, 0.717) is 4.77 Å². The van der Waals surface area contributed by atoms with Gasteiger partial charge in [0.1, 0.15) is 5.75 Å². The highest BCUT2D eigenvalue weighted by molar-refractivity contribution is 7.71. The highest BCUT2D eigenvalue weighted by Gasteiger charge is 2.15. The molecular weight excluding hydrogens is 286 g/mol. The van der Waals surface area contributed by atoms with Gasteiger partial charge >= 0.3 is 5.69 Å². The lowest BCUT2D eigenvalue weighted by molar-refractivity contribution is 0.375. The van der Waals surface area contributed by atoms with Gasteiger partial charge in [0.05, 0.1) is 12.8 Å². The third-order valence-electron chi connectivity index (χ3n) is 3.94. The number of aromatic nitrogens is 3. The van der Waals surface area contributed by atoms with Gasteiger partial charge in [0, 0.05) is 13.1 Å². The zero-order valence-electron chi connectivity index (χ0n) is 12.1. The molecule has 0 radical (unpaired) electrons. The largest absolute Gasteiger partial charge is 0.497 e. The summed E-state index contributed by atoms with van der Waals surface area (Å²) in [7, 11) is 1.62. The first-order valence-corrected chi connectivity index (χ1v) is 7.70. The van der Waals surface area contributed by atoms with Crippen molar-refractivity contribution < 1.29 is 4.74 Å². The van der Waals surface area contributed by atoms with Crippen molar-refractivity contribution in [3.05, 3.63) is 39.5 Å². The molecule has 0 saturated carbocycles. The Morgan fingerprint density at radius 1 is 1.00 bits per heavy atom. The SMILES string of the molecule is COc1ccc(-n2c(=O)n3n(c2=S)CCCCCC3)cc1. The first kappa shape index (κ1) is 14.1. The van der Waals surface area contributed by atoms with Gasteiger partial charge in [-0.3, -0.25) is 4.68 Å². The van der Waals surface area contributed by atoms with Gasteiger partial charge in [-0.15, -0.1) is 0 Å². The van der Waals surface area contributed by atoms with Gasteiger partial charge in [0.15, 0.2) is 0 Å². The second-order valence-corrected chi connectivity index (χ2v) is 5.62. The molecule has 21 heavy (non-hydrogen) atoms. The lowest BCUT2D eigenvalue weighted by atomic mass is 10.2. The minimum absolute atomic E-state index is 0.0490. The molecule has 0 saturated heterocycles. The average molecular weight is 305 g/mol. The van der Waals surface area contributed by atoms with Crippen molar-refractivity contribution in [2.45, 2.75) is 38.8 Å². The summed E-state index contributed by atoms with van der Waals surface area (Å²) >= 11 is 5.52. The van der Waals surface area contributed by atoms with Crippen LogP contribution in [0.1, 0.15) is 25.7 Å². The summed E-state index contributed by atoms with van der Waals surface area (Å²) in [5.74, 6) is 0.767. The van der Waals surface area contributed by atoms with Crippen molar-refractivity contribution in [3.63, 3.8) is 0 Å². The number of rotatable bonds is 2. The quantitative estimate of drug-likeness (QED) is 0.801.